The maximum Gasteiger partial charge on any atom is 0.494 e. The fourth-order valence-electron chi connectivity index (χ4n) is 3.78. The number of hydrogen-bond acceptors (Lipinski definition) is 4. The van der Waals surface area contributed by atoms with Gasteiger partial charge in [0.2, 0.25) is 0 Å². The molecular formula is C27H33BF2N4O3. The van der Waals surface area contributed by atoms with Crippen LogP contribution in [0.3, 0.4) is 0 Å². The highest BCUT2D eigenvalue weighted by Gasteiger charge is 2.51. The number of halogens is 2. The van der Waals surface area contributed by atoms with E-state index >= 15 is 0 Å². The maximum absolute atomic E-state index is 15.0. The maximum atomic E-state index is 15.0. The fourth-order valence-corrected chi connectivity index (χ4v) is 3.78. The molecule has 7 nitrogen and oxygen atoms in total. The van der Waals surface area contributed by atoms with Crippen LogP contribution in [0.25, 0.3) is 5.69 Å². The second kappa shape index (κ2) is 9.26. The Balaban J connectivity index is 1.55. The molecule has 1 aliphatic heterocycles. The average Bonchev–Trinajstić information content (AvgIpc) is 3.29. The van der Waals surface area contributed by atoms with Crippen LogP contribution in [0.15, 0.2) is 42.5 Å². The Kier molecular flexibility index (Phi) is 6.71. The van der Waals surface area contributed by atoms with Gasteiger partial charge in [-0.25, -0.2) is 18.3 Å². The summed E-state index contributed by atoms with van der Waals surface area (Å²) in [5.41, 5.74) is 0.710. The van der Waals surface area contributed by atoms with Gasteiger partial charge >= 0.3 is 13.1 Å². The topological polar surface area (TPSA) is 77.4 Å². The van der Waals surface area contributed by atoms with Crippen molar-refractivity contribution in [3.8, 4) is 5.69 Å². The lowest BCUT2D eigenvalue weighted by Crippen LogP contribution is -2.41. The van der Waals surface area contributed by atoms with Gasteiger partial charge in [0, 0.05) is 11.5 Å². The van der Waals surface area contributed by atoms with Gasteiger partial charge < -0.3 is 14.6 Å². The van der Waals surface area contributed by atoms with E-state index in [1.165, 1.54) is 22.9 Å². The lowest BCUT2D eigenvalue weighted by molar-refractivity contribution is 0.00578. The Bertz CT molecular complexity index is 1330. The SMILES string of the molecule is Cc1ccc(-n2nc(C(C)(C)C)cc2NC(=O)Nc2ccc(B3OC(C)(C)C(C)(C)O3)cc2F)cc1F. The first kappa shape index (κ1) is 26.8. The molecule has 4 rings (SSSR count). The Labute approximate surface area is 216 Å². The zero-order valence-corrected chi connectivity index (χ0v) is 22.5. The van der Waals surface area contributed by atoms with Crippen molar-refractivity contribution in [2.45, 2.75) is 72.0 Å². The van der Waals surface area contributed by atoms with E-state index in [9.17, 15) is 13.6 Å². The number of anilines is 2. The predicted octanol–water partition coefficient (Wildman–Crippen LogP) is 5.70. The minimum Gasteiger partial charge on any atom is -0.399 e. The summed E-state index contributed by atoms with van der Waals surface area (Å²) >= 11 is 0. The summed E-state index contributed by atoms with van der Waals surface area (Å²) in [5, 5.41) is 9.83. The van der Waals surface area contributed by atoms with Gasteiger partial charge in [0.05, 0.1) is 28.3 Å². The molecule has 0 saturated carbocycles. The molecule has 10 heteroatoms. The molecular weight excluding hydrogens is 477 g/mol. The summed E-state index contributed by atoms with van der Waals surface area (Å²) in [5.74, 6) is -0.698. The van der Waals surface area contributed by atoms with E-state index in [-0.39, 0.29) is 16.9 Å². The van der Waals surface area contributed by atoms with Crippen LogP contribution in [0.1, 0.15) is 59.7 Å². The summed E-state index contributed by atoms with van der Waals surface area (Å²) in [6, 6.07) is 10.2. The van der Waals surface area contributed by atoms with E-state index < -0.39 is 30.2 Å². The molecule has 0 aliphatic carbocycles. The molecule has 1 aliphatic rings. The summed E-state index contributed by atoms with van der Waals surface area (Å²) in [7, 11) is -0.720. The number of aryl methyl sites for hydroxylation is 1. The molecule has 1 aromatic heterocycles. The van der Waals surface area contributed by atoms with E-state index in [2.05, 4.69) is 15.7 Å². The molecule has 0 bridgehead atoms. The summed E-state index contributed by atoms with van der Waals surface area (Å²) < 4.78 is 42.6. The molecule has 0 radical (unpaired) electrons. The van der Waals surface area contributed by atoms with Crippen molar-refractivity contribution in [1.82, 2.24) is 9.78 Å². The number of benzene rings is 2. The lowest BCUT2D eigenvalue weighted by Gasteiger charge is -2.32. The number of nitrogens with zero attached hydrogens (tertiary/aromatic N) is 2. The first-order valence-corrected chi connectivity index (χ1v) is 12.2. The number of aromatic nitrogens is 2. The van der Waals surface area contributed by atoms with Crippen LogP contribution in [-0.2, 0) is 14.7 Å². The molecule has 2 N–H and O–H groups in total. The molecule has 3 aromatic rings. The van der Waals surface area contributed by atoms with Crippen molar-refractivity contribution < 1.29 is 22.9 Å². The molecule has 1 fully saturated rings. The van der Waals surface area contributed by atoms with Crippen molar-refractivity contribution >= 4 is 30.1 Å². The van der Waals surface area contributed by atoms with Crippen molar-refractivity contribution in [3.05, 3.63) is 65.4 Å². The number of carbonyl (C=O) groups is 1. The van der Waals surface area contributed by atoms with Crippen LogP contribution < -0.4 is 16.1 Å². The lowest BCUT2D eigenvalue weighted by atomic mass is 9.79. The van der Waals surface area contributed by atoms with E-state index in [4.69, 9.17) is 9.31 Å². The Hall–Kier alpha value is -3.24. The highest BCUT2D eigenvalue weighted by Crippen LogP contribution is 2.36. The zero-order valence-electron chi connectivity index (χ0n) is 22.5. The van der Waals surface area contributed by atoms with E-state index in [0.29, 0.717) is 28.2 Å². The van der Waals surface area contributed by atoms with Crippen molar-refractivity contribution in [1.29, 1.82) is 0 Å². The Morgan fingerprint density at radius 1 is 0.946 bits per heavy atom. The highest BCUT2D eigenvalue weighted by molar-refractivity contribution is 6.62. The fraction of sp³-hybridized carbons (Fsp3) is 0.407. The zero-order chi connectivity index (χ0) is 27.3. The number of rotatable bonds is 4. The van der Waals surface area contributed by atoms with Crippen molar-refractivity contribution in [2.24, 2.45) is 0 Å². The number of urea groups is 1. The summed E-state index contributed by atoms with van der Waals surface area (Å²) in [6.07, 6.45) is 0. The number of carbonyl (C=O) groups excluding carboxylic acids is 1. The van der Waals surface area contributed by atoms with Crippen LogP contribution in [0.5, 0.6) is 0 Å². The quantitative estimate of drug-likeness (QED) is 0.442. The number of nitrogens with one attached hydrogen (secondary N) is 2. The monoisotopic (exact) mass is 510 g/mol. The van der Waals surface area contributed by atoms with Gasteiger partial charge in [0.1, 0.15) is 17.5 Å². The molecule has 0 spiro atoms. The molecule has 2 amide bonds. The second-order valence-corrected chi connectivity index (χ2v) is 11.4. The first-order valence-electron chi connectivity index (χ1n) is 12.2. The molecule has 2 heterocycles. The first-order chi connectivity index (χ1) is 17.1. The van der Waals surface area contributed by atoms with E-state index in [1.807, 2.05) is 48.5 Å². The smallest absolute Gasteiger partial charge is 0.399 e. The highest BCUT2D eigenvalue weighted by atomic mass is 19.1. The normalized spacial score (nSPS) is 16.6. The van der Waals surface area contributed by atoms with Gasteiger partial charge in [-0.05, 0) is 69.9 Å². The van der Waals surface area contributed by atoms with E-state index in [1.54, 1.807) is 31.2 Å². The molecule has 196 valence electrons. The van der Waals surface area contributed by atoms with Gasteiger partial charge in [-0.3, -0.25) is 5.32 Å². The van der Waals surface area contributed by atoms with Crippen LogP contribution in [0.2, 0.25) is 0 Å². The predicted molar refractivity (Wildman–Crippen MR) is 142 cm³/mol. The third-order valence-electron chi connectivity index (χ3n) is 6.89. The van der Waals surface area contributed by atoms with Gasteiger partial charge in [0.15, 0.2) is 0 Å². The third kappa shape index (κ3) is 5.40. The Morgan fingerprint density at radius 2 is 1.59 bits per heavy atom. The Morgan fingerprint density at radius 3 is 2.16 bits per heavy atom. The third-order valence-corrected chi connectivity index (χ3v) is 6.89. The molecule has 1 saturated heterocycles. The number of amides is 2. The minimum atomic E-state index is -0.720. The van der Waals surface area contributed by atoms with Crippen molar-refractivity contribution in [2.75, 3.05) is 10.6 Å². The van der Waals surface area contributed by atoms with E-state index in [0.717, 1.165) is 0 Å². The minimum absolute atomic E-state index is 0.0127. The second-order valence-electron chi connectivity index (χ2n) is 11.4. The van der Waals surface area contributed by atoms with Crippen LogP contribution in [0, 0.1) is 18.6 Å². The largest absolute Gasteiger partial charge is 0.494 e. The molecule has 37 heavy (non-hydrogen) atoms. The van der Waals surface area contributed by atoms with Crippen LogP contribution in [0.4, 0.5) is 25.1 Å². The van der Waals surface area contributed by atoms with Crippen molar-refractivity contribution in [3.63, 3.8) is 0 Å². The molecule has 2 aromatic carbocycles. The van der Waals surface area contributed by atoms with Gasteiger partial charge in [-0.15, -0.1) is 0 Å². The standard InChI is InChI=1S/C27H33BF2N4O3/c1-16-9-11-18(14-19(16)29)34-23(15-22(33-34)25(2,3)4)32-24(35)31-21-12-10-17(13-20(21)30)28-36-26(5,6)27(7,8)37-28/h9-15H,1-8H3,(H2,31,32,35). The van der Waals surface area contributed by atoms with Gasteiger partial charge in [0.25, 0.3) is 0 Å². The summed E-state index contributed by atoms with van der Waals surface area (Å²) in [4.78, 5) is 12.9. The van der Waals surface area contributed by atoms with Crippen LogP contribution in [-0.4, -0.2) is 34.1 Å². The van der Waals surface area contributed by atoms with Gasteiger partial charge in [-0.1, -0.05) is 32.9 Å². The number of hydrogen-bond donors (Lipinski definition) is 2. The van der Waals surface area contributed by atoms with Crippen LogP contribution >= 0.6 is 0 Å². The van der Waals surface area contributed by atoms with Gasteiger partial charge in [-0.2, -0.15) is 5.10 Å². The molecule has 0 unspecified atom stereocenters. The molecule has 0 atom stereocenters. The average molecular weight is 510 g/mol. The summed E-state index contributed by atoms with van der Waals surface area (Å²) in [6.45, 7) is 15.3.